The maximum absolute atomic E-state index is 11.6. The number of nitrogens with zero attached hydrogens (tertiary/aromatic N) is 3. The summed E-state index contributed by atoms with van der Waals surface area (Å²) in [4.78, 5) is 19.6. The molecule has 0 radical (unpaired) electrons. The van der Waals surface area contributed by atoms with Crippen LogP contribution in [0.2, 0.25) is 0 Å². The van der Waals surface area contributed by atoms with Gasteiger partial charge in [-0.25, -0.2) is 14.8 Å². The number of hydrogen-bond acceptors (Lipinski definition) is 5. The van der Waals surface area contributed by atoms with E-state index in [9.17, 15) is 4.79 Å². The second kappa shape index (κ2) is 5.81. The van der Waals surface area contributed by atoms with Gasteiger partial charge in [0.15, 0.2) is 0 Å². The zero-order chi connectivity index (χ0) is 12.8. The number of ether oxygens (including phenoxy) is 1. The van der Waals surface area contributed by atoms with Gasteiger partial charge in [-0.1, -0.05) is 0 Å². The highest BCUT2D eigenvalue weighted by Gasteiger charge is 2.09. The molecule has 18 heavy (non-hydrogen) atoms. The number of anilines is 1. The molecule has 0 aromatic carbocycles. The van der Waals surface area contributed by atoms with Gasteiger partial charge in [-0.05, 0) is 18.2 Å². The Balaban J connectivity index is 1.73. The van der Waals surface area contributed by atoms with Crippen molar-refractivity contribution in [1.29, 1.82) is 0 Å². The Hall–Kier alpha value is -2.37. The molecule has 0 spiro atoms. The van der Waals surface area contributed by atoms with Crippen LogP contribution in [0.25, 0.3) is 0 Å². The van der Waals surface area contributed by atoms with Crippen LogP contribution in [-0.2, 0) is 11.8 Å². The monoisotopic (exact) mass is 246 g/mol. The van der Waals surface area contributed by atoms with Gasteiger partial charge in [0.2, 0.25) is 5.95 Å². The Kier molecular flexibility index (Phi) is 3.90. The van der Waals surface area contributed by atoms with Crippen molar-refractivity contribution in [3.63, 3.8) is 0 Å². The molecule has 0 amide bonds. The molecule has 0 saturated heterocycles. The fraction of sp³-hybridized carbons (Fsp3) is 0.250. The molecule has 0 atom stereocenters. The SMILES string of the molecule is Cn1cccc1C(=O)OCCNc1ncccn1. The first-order valence-corrected chi connectivity index (χ1v) is 5.57. The van der Waals surface area contributed by atoms with E-state index in [1.165, 1.54) is 0 Å². The van der Waals surface area contributed by atoms with E-state index >= 15 is 0 Å². The molecule has 0 fully saturated rings. The second-order valence-electron chi connectivity index (χ2n) is 3.64. The number of aromatic nitrogens is 3. The average Bonchev–Trinajstić information content (AvgIpc) is 2.82. The molecule has 2 aromatic heterocycles. The molecule has 94 valence electrons. The maximum atomic E-state index is 11.6. The standard InChI is InChI=1S/C12H14N4O2/c1-16-8-2-4-10(16)11(17)18-9-7-15-12-13-5-3-6-14-12/h2-6,8H,7,9H2,1H3,(H,13,14,15). The quantitative estimate of drug-likeness (QED) is 0.631. The summed E-state index contributed by atoms with van der Waals surface area (Å²) in [6.07, 6.45) is 5.09. The van der Waals surface area contributed by atoms with Crippen LogP contribution in [0, 0.1) is 0 Å². The van der Waals surface area contributed by atoms with Crippen molar-refractivity contribution in [3.8, 4) is 0 Å². The van der Waals surface area contributed by atoms with Gasteiger partial charge in [-0.3, -0.25) is 0 Å². The smallest absolute Gasteiger partial charge is 0.354 e. The zero-order valence-corrected chi connectivity index (χ0v) is 10.0. The van der Waals surface area contributed by atoms with Crippen molar-refractivity contribution >= 4 is 11.9 Å². The fourth-order valence-corrected chi connectivity index (χ4v) is 1.44. The molecule has 0 aliphatic rings. The van der Waals surface area contributed by atoms with E-state index < -0.39 is 0 Å². The van der Waals surface area contributed by atoms with Gasteiger partial charge in [-0.2, -0.15) is 0 Å². The Morgan fingerprint density at radius 2 is 2.17 bits per heavy atom. The minimum atomic E-state index is -0.335. The summed E-state index contributed by atoms with van der Waals surface area (Å²) in [6, 6.07) is 5.25. The molecule has 0 aliphatic heterocycles. The van der Waals surface area contributed by atoms with E-state index in [4.69, 9.17) is 4.74 Å². The summed E-state index contributed by atoms with van der Waals surface area (Å²) in [5.41, 5.74) is 0.533. The number of aryl methyl sites for hydroxylation is 1. The van der Waals surface area contributed by atoms with Crippen LogP contribution in [0.4, 0.5) is 5.95 Å². The Morgan fingerprint density at radius 3 is 2.83 bits per heavy atom. The molecule has 2 rings (SSSR count). The van der Waals surface area contributed by atoms with Gasteiger partial charge in [0.05, 0.1) is 6.54 Å². The van der Waals surface area contributed by atoms with Crippen molar-refractivity contribution in [2.24, 2.45) is 7.05 Å². The second-order valence-corrected chi connectivity index (χ2v) is 3.64. The Bertz CT molecular complexity index is 510. The highest BCUT2D eigenvalue weighted by Crippen LogP contribution is 2.01. The number of carbonyl (C=O) groups is 1. The molecule has 2 aromatic rings. The third-order valence-electron chi connectivity index (χ3n) is 2.34. The number of carbonyl (C=O) groups excluding carboxylic acids is 1. The van der Waals surface area contributed by atoms with Gasteiger partial charge in [-0.15, -0.1) is 0 Å². The molecule has 6 heteroatoms. The van der Waals surface area contributed by atoms with Crippen LogP contribution >= 0.6 is 0 Å². The Labute approximate surface area is 105 Å². The molecule has 6 nitrogen and oxygen atoms in total. The van der Waals surface area contributed by atoms with Crippen LogP contribution in [0.1, 0.15) is 10.5 Å². The van der Waals surface area contributed by atoms with Crippen molar-refractivity contribution in [2.45, 2.75) is 0 Å². The molecular formula is C12H14N4O2. The van der Waals surface area contributed by atoms with Crippen molar-refractivity contribution in [3.05, 3.63) is 42.5 Å². The summed E-state index contributed by atoms with van der Waals surface area (Å²) in [5, 5.41) is 2.95. The number of rotatable bonds is 5. The predicted molar refractivity (Wildman–Crippen MR) is 66.2 cm³/mol. The summed E-state index contributed by atoms with van der Waals surface area (Å²) in [7, 11) is 1.80. The van der Waals surface area contributed by atoms with E-state index in [2.05, 4.69) is 15.3 Å². The summed E-state index contributed by atoms with van der Waals surface area (Å²) < 4.78 is 6.83. The van der Waals surface area contributed by atoms with Crippen molar-refractivity contribution in [2.75, 3.05) is 18.5 Å². The number of nitrogens with one attached hydrogen (secondary N) is 1. The molecule has 0 bridgehead atoms. The van der Waals surface area contributed by atoms with E-state index in [1.54, 1.807) is 48.4 Å². The lowest BCUT2D eigenvalue weighted by molar-refractivity contribution is 0.0509. The topological polar surface area (TPSA) is 69.0 Å². The first kappa shape index (κ1) is 12.1. The Morgan fingerprint density at radius 1 is 1.39 bits per heavy atom. The molecule has 2 heterocycles. The van der Waals surface area contributed by atoms with Crippen molar-refractivity contribution < 1.29 is 9.53 Å². The van der Waals surface area contributed by atoms with E-state index in [-0.39, 0.29) is 12.6 Å². The predicted octanol–water partition coefficient (Wildman–Crippen LogP) is 1.08. The molecule has 0 saturated carbocycles. The lowest BCUT2D eigenvalue weighted by Gasteiger charge is -2.06. The van der Waals surface area contributed by atoms with Crippen molar-refractivity contribution in [1.82, 2.24) is 14.5 Å². The van der Waals surface area contributed by atoms with Crippen LogP contribution in [0.15, 0.2) is 36.8 Å². The number of esters is 1. The molecule has 0 aliphatic carbocycles. The van der Waals surface area contributed by atoms with Crippen LogP contribution < -0.4 is 5.32 Å². The van der Waals surface area contributed by atoms with E-state index in [0.717, 1.165) is 0 Å². The lowest BCUT2D eigenvalue weighted by atomic mass is 10.4. The van der Waals surface area contributed by atoms with Gasteiger partial charge in [0, 0.05) is 25.6 Å². The van der Waals surface area contributed by atoms with Gasteiger partial charge in [0.25, 0.3) is 0 Å². The maximum Gasteiger partial charge on any atom is 0.354 e. The van der Waals surface area contributed by atoms with Crippen LogP contribution in [0.5, 0.6) is 0 Å². The first-order chi connectivity index (χ1) is 8.77. The molecule has 0 unspecified atom stereocenters. The highest BCUT2D eigenvalue weighted by molar-refractivity contribution is 5.87. The van der Waals surface area contributed by atoms with Gasteiger partial charge in [0.1, 0.15) is 12.3 Å². The third kappa shape index (κ3) is 3.07. The minimum Gasteiger partial charge on any atom is -0.459 e. The van der Waals surface area contributed by atoms with Gasteiger partial charge >= 0.3 is 5.97 Å². The minimum absolute atomic E-state index is 0.266. The zero-order valence-electron chi connectivity index (χ0n) is 10.0. The van der Waals surface area contributed by atoms with E-state index in [0.29, 0.717) is 18.2 Å². The summed E-state index contributed by atoms with van der Waals surface area (Å²) >= 11 is 0. The fourth-order valence-electron chi connectivity index (χ4n) is 1.44. The lowest BCUT2D eigenvalue weighted by Crippen LogP contribution is -2.16. The normalized spacial score (nSPS) is 10.1. The molecule has 1 N–H and O–H groups in total. The van der Waals surface area contributed by atoms with Crippen LogP contribution in [0.3, 0.4) is 0 Å². The number of hydrogen-bond donors (Lipinski definition) is 1. The third-order valence-corrected chi connectivity index (χ3v) is 2.34. The highest BCUT2D eigenvalue weighted by atomic mass is 16.5. The molecular weight excluding hydrogens is 232 g/mol. The van der Waals surface area contributed by atoms with Gasteiger partial charge < -0.3 is 14.6 Å². The first-order valence-electron chi connectivity index (χ1n) is 5.57. The summed E-state index contributed by atoms with van der Waals surface area (Å²) in [5.74, 6) is 0.186. The average molecular weight is 246 g/mol. The van der Waals surface area contributed by atoms with Crippen LogP contribution in [-0.4, -0.2) is 33.7 Å². The van der Waals surface area contributed by atoms with E-state index in [1.807, 2.05) is 0 Å². The summed E-state index contributed by atoms with van der Waals surface area (Å²) in [6.45, 7) is 0.739. The largest absolute Gasteiger partial charge is 0.459 e.